The Bertz CT molecular complexity index is 854. The molecule has 3 aromatic rings. The number of carboxylic acid groups (broad SMARTS) is 1. The van der Waals surface area contributed by atoms with E-state index in [1.807, 2.05) is 18.2 Å². The number of nitrogens with one attached hydrogen (secondary N) is 1. The van der Waals surface area contributed by atoms with Crippen LogP contribution >= 0.6 is 0 Å². The van der Waals surface area contributed by atoms with Crippen molar-refractivity contribution in [2.45, 2.75) is 0 Å². The minimum atomic E-state index is -1.04. The first-order valence-corrected chi connectivity index (χ1v) is 5.98. The number of aromatic carboxylic acids is 1. The van der Waals surface area contributed by atoms with Gasteiger partial charge in [0, 0.05) is 5.56 Å². The number of carbonyl (C=O) groups is 1. The van der Waals surface area contributed by atoms with Gasteiger partial charge in [0.15, 0.2) is 0 Å². The summed E-state index contributed by atoms with van der Waals surface area (Å²) in [5, 5.41) is 8.93. The van der Waals surface area contributed by atoms with Crippen molar-refractivity contribution < 1.29 is 9.90 Å². The van der Waals surface area contributed by atoms with Crippen LogP contribution in [0.3, 0.4) is 0 Å². The number of rotatable bonds is 2. The van der Waals surface area contributed by atoms with Crippen LogP contribution in [0.25, 0.3) is 22.3 Å². The third kappa shape index (κ3) is 2.05. The fourth-order valence-corrected chi connectivity index (χ4v) is 2.01. The van der Waals surface area contributed by atoms with Crippen molar-refractivity contribution in [3.05, 3.63) is 64.4 Å². The number of hydrogen-bond donors (Lipinski definition) is 2. The van der Waals surface area contributed by atoms with Gasteiger partial charge in [0.25, 0.3) is 5.56 Å². The van der Waals surface area contributed by atoms with E-state index in [4.69, 9.17) is 5.11 Å². The molecule has 2 aromatic carbocycles. The fraction of sp³-hybridized carbons (Fsp3) is 0. The van der Waals surface area contributed by atoms with Crippen LogP contribution in [0.15, 0.2) is 53.3 Å². The number of H-pyrrole nitrogens is 1. The van der Waals surface area contributed by atoms with Gasteiger partial charge in [-0.25, -0.2) is 9.78 Å². The van der Waals surface area contributed by atoms with Gasteiger partial charge in [0.05, 0.1) is 16.6 Å². The van der Waals surface area contributed by atoms with E-state index in [1.165, 1.54) is 12.1 Å². The molecule has 20 heavy (non-hydrogen) atoms. The second-order valence-electron chi connectivity index (χ2n) is 4.32. The first-order chi connectivity index (χ1) is 9.65. The molecule has 5 nitrogen and oxygen atoms in total. The molecule has 0 unspecified atom stereocenters. The summed E-state index contributed by atoms with van der Waals surface area (Å²) in [6.45, 7) is 0. The number of aromatic nitrogens is 2. The van der Waals surface area contributed by atoms with Crippen LogP contribution in [0.4, 0.5) is 0 Å². The Morgan fingerprint density at radius 2 is 1.85 bits per heavy atom. The number of aromatic amines is 1. The zero-order chi connectivity index (χ0) is 14.1. The van der Waals surface area contributed by atoms with Crippen LogP contribution in [0.2, 0.25) is 0 Å². The average molecular weight is 266 g/mol. The number of benzene rings is 2. The lowest BCUT2D eigenvalue weighted by molar-refractivity contribution is 0.0697. The van der Waals surface area contributed by atoms with E-state index in [9.17, 15) is 9.59 Å². The first-order valence-electron chi connectivity index (χ1n) is 5.98. The second-order valence-corrected chi connectivity index (χ2v) is 4.32. The number of carboxylic acids is 1. The molecular formula is C15H10N2O3. The van der Waals surface area contributed by atoms with E-state index in [0.717, 1.165) is 5.56 Å². The van der Waals surface area contributed by atoms with E-state index in [0.29, 0.717) is 16.7 Å². The predicted molar refractivity (Wildman–Crippen MR) is 74.8 cm³/mol. The standard InChI is InChI=1S/C15H10N2O3/c18-14-13(9-4-2-1-3-5-9)16-11-7-6-10(15(19)20)8-12(11)17-14/h1-8H,(H,17,18)(H,19,20). The molecule has 5 heteroatoms. The van der Waals surface area contributed by atoms with E-state index in [2.05, 4.69) is 9.97 Å². The average Bonchev–Trinajstić information content (AvgIpc) is 2.46. The van der Waals surface area contributed by atoms with Gasteiger partial charge in [-0.05, 0) is 18.2 Å². The molecule has 0 atom stereocenters. The third-order valence-electron chi connectivity index (χ3n) is 2.99. The van der Waals surface area contributed by atoms with Gasteiger partial charge in [0.1, 0.15) is 5.69 Å². The molecule has 1 aromatic heterocycles. The third-order valence-corrected chi connectivity index (χ3v) is 2.99. The highest BCUT2D eigenvalue weighted by molar-refractivity contribution is 5.92. The zero-order valence-corrected chi connectivity index (χ0v) is 10.3. The lowest BCUT2D eigenvalue weighted by atomic mass is 10.1. The van der Waals surface area contributed by atoms with E-state index in [-0.39, 0.29) is 11.1 Å². The summed E-state index contributed by atoms with van der Waals surface area (Å²) >= 11 is 0. The molecule has 2 N–H and O–H groups in total. The second kappa shape index (κ2) is 4.62. The quantitative estimate of drug-likeness (QED) is 0.745. The number of nitrogens with zero attached hydrogens (tertiary/aromatic N) is 1. The molecule has 98 valence electrons. The molecule has 0 spiro atoms. The molecule has 0 bridgehead atoms. The van der Waals surface area contributed by atoms with Gasteiger partial charge < -0.3 is 10.1 Å². The first kappa shape index (κ1) is 12.1. The normalized spacial score (nSPS) is 10.6. The summed E-state index contributed by atoms with van der Waals surface area (Å²) in [5.74, 6) is -1.04. The Morgan fingerprint density at radius 3 is 2.55 bits per heavy atom. The Hall–Kier alpha value is -2.95. The van der Waals surface area contributed by atoms with Crippen molar-refractivity contribution in [2.24, 2.45) is 0 Å². The molecule has 1 heterocycles. The van der Waals surface area contributed by atoms with Crippen LogP contribution in [0, 0.1) is 0 Å². The Balaban J connectivity index is 2.23. The van der Waals surface area contributed by atoms with Gasteiger partial charge >= 0.3 is 5.97 Å². The Labute approximate surface area is 113 Å². The zero-order valence-electron chi connectivity index (χ0n) is 10.3. The highest BCUT2D eigenvalue weighted by Crippen LogP contribution is 2.16. The molecule has 0 saturated heterocycles. The van der Waals surface area contributed by atoms with Gasteiger partial charge in [-0.3, -0.25) is 4.79 Å². The summed E-state index contributed by atoms with van der Waals surface area (Å²) in [4.78, 5) is 29.9. The molecule has 0 fully saturated rings. The summed E-state index contributed by atoms with van der Waals surface area (Å²) in [7, 11) is 0. The van der Waals surface area contributed by atoms with E-state index in [1.54, 1.807) is 18.2 Å². The van der Waals surface area contributed by atoms with Gasteiger partial charge in [-0.2, -0.15) is 0 Å². The van der Waals surface area contributed by atoms with Crippen LogP contribution in [0.5, 0.6) is 0 Å². The Kier molecular flexibility index (Phi) is 2.80. The van der Waals surface area contributed by atoms with Gasteiger partial charge in [-0.1, -0.05) is 30.3 Å². The fourth-order valence-electron chi connectivity index (χ4n) is 2.01. The Morgan fingerprint density at radius 1 is 1.10 bits per heavy atom. The monoisotopic (exact) mass is 266 g/mol. The number of hydrogen-bond acceptors (Lipinski definition) is 3. The maximum atomic E-state index is 12.0. The van der Waals surface area contributed by atoms with Crippen molar-refractivity contribution >= 4 is 17.0 Å². The lowest BCUT2D eigenvalue weighted by Gasteiger charge is -2.03. The highest BCUT2D eigenvalue weighted by Gasteiger charge is 2.09. The molecule has 0 saturated carbocycles. The molecule has 0 amide bonds. The lowest BCUT2D eigenvalue weighted by Crippen LogP contribution is -2.11. The van der Waals surface area contributed by atoms with E-state index < -0.39 is 5.97 Å². The highest BCUT2D eigenvalue weighted by atomic mass is 16.4. The number of fused-ring (bicyclic) bond motifs is 1. The topological polar surface area (TPSA) is 83.0 Å². The summed E-state index contributed by atoms with van der Waals surface area (Å²) in [6, 6.07) is 13.6. The molecular weight excluding hydrogens is 256 g/mol. The maximum Gasteiger partial charge on any atom is 0.335 e. The van der Waals surface area contributed by atoms with Crippen molar-refractivity contribution in [3.8, 4) is 11.3 Å². The SMILES string of the molecule is O=C(O)c1ccc2nc(-c3ccccc3)c(=O)[nH]c2c1. The smallest absolute Gasteiger partial charge is 0.335 e. The molecule has 0 radical (unpaired) electrons. The van der Waals surface area contributed by atoms with Crippen LogP contribution < -0.4 is 5.56 Å². The minimum Gasteiger partial charge on any atom is -0.478 e. The van der Waals surface area contributed by atoms with Gasteiger partial charge in [0.2, 0.25) is 0 Å². The predicted octanol–water partition coefficient (Wildman–Crippen LogP) is 2.29. The van der Waals surface area contributed by atoms with Gasteiger partial charge in [-0.15, -0.1) is 0 Å². The maximum absolute atomic E-state index is 12.0. The molecule has 0 aliphatic heterocycles. The molecule has 3 rings (SSSR count). The largest absolute Gasteiger partial charge is 0.478 e. The van der Waals surface area contributed by atoms with Crippen molar-refractivity contribution in [3.63, 3.8) is 0 Å². The van der Waals surface area contributed by atoms with Crippen LogP contribution in [-0.2, 0) is 0 Å². The van der Waals surface area contributed by atoms with Crippen molar-refractivity contribution in [1.82, 2.24) is 9.97 Å². The summed E-state index contributed by atoms with van der Waals surface area (Å²) < 4.78 is 0. The van der Waals surface area contributed by atoms with Crippen molar-refractivity contribution in [1.29, 1.82) is 0 Å². The summed E-state index contributed by atoms with van der Waals surface area (Å²) in [6.07, 6.45) is 0. The minimum absolute atomic E-state index is 0.113. The van der Waals surface area contributed by atoms with Crippen LogP contribution in [0.1, 0.15) is 10.4 Å². The van der Waals surface area contributed by atoms with E-state index >= 15 is 0 Å². The summed E-state index contributed by atoms with van der Waals surface area (Å²) in [5.41, 5.74) is 1.77. The molecule has 0 aliphatic carbocycles. The van der Waals surface area contributed by atoms with Crippen molar-refractivity contribution in [2.75, 3.05) is 0 Å². The van der Waals surface area contributed by atoms with Crippen LogP contribution in [-0.4, -0.2) is 21.0 Å². The molecule has 0 aliphatic rings.